The molecule has 0 radical (unpaired) electrons. The summed E-state index contributed by atoms with van der Waals surface area (Å²) >= 11 is 1.64. The van der Waals surface area contributed by atoms with E-state index >= 15 is 0 Å². The number of thiophene rings is 1. The van der Waals surface area contributed by atoms with Gasteiger partial charge in [0.15, 0.2) is 5.96 Å². The highest BCUT2D eigenvalue weighted by molar-refractivity contribution is 14.0. The Kier molecular flexibility index (Phi) is 11.1. The van der Waals surface area contributed by atoms with Gasteiger partial charge in [-0.2, -0.15) is 0 Å². The van der Waals surface area contributed by atoms with Gasteiger partial charge in [-0.3, -0.25) is 4.99 Å². The zero-order chi connectivity index (χ0) is 18.1. The van der Waals surface area contributed by atoms with E-state index in [0.717, 1.165) is 37.0 Å². The van der Waals surface area contributed by atoms with Crippen LogP contribution in [0.4, 0.5) is 0 Å². The predicted molar refractivity (Wildman–Crippen MR) is 124 cm³/mol. The maximum absolute atomic E-state index is 10.4. The SMILES string of the molecule is CCCN(CC)CCNC(=NC)NCC(O)c1cc2ccccc2s1.I. The third-order valence-corrected chi connectivity index (χ3v) is 5.38. The van der Waals surface area contributed by atoms with Gasteiger partial charge in [-0.25, -0.2) is 0 Å². The molecule has 1 aromatic carbocycles. The molecule has 0 saturated heterocycles. The van der Waals surface area contributed by atoms with E-state index in [1.165, 1.54) is 16.5 Å². The molecule has 0 aliphatic rings. The molecule has 0 spiro atoms. The van der Waals surface area contributed by atoms with E-state index in [1.807, 2.05) is 12.1 Å². The fraction of sp³-hybridized carbons (Fsp3) is 0.526. The van der Waals surface area contributed by atoms with Crippen molar-refractivity contribution in [3.8, 4) is 0 Å². The molecule has 2 aromatic rings. The first-order valence-corrected chi connectivity index (χ1v) is 9.83. The van der Waals surface area contributed by atoms with Crippen molar-refractivity contribution in [2.45, 2.75) is 26.4 Å². The Balaban J connectivity index is 0.00000338. The number of rotatable bonds is 9. The van der Waals surface area contributed by atoms with Gasteiger partial charge in [0.25, 0.3) is 0 Å². The average Bonchev–Trinajstić information content (AvgIpc) is 3.07. The third-order valence-electron chi connectivity index (χ3n) is 4.17. The van der Waals surface area contributed by atoms with Crippen LogP contribution in [0.15, 0.2) is 35.3 Å². The van der Waals surface area contributed by atoms with Gasteiger partial charge in [-0.1, -0.05) is 32.0 Å². The van der Waals surface area contributed by atoms with Crippen LogP contribution in [0.1, 0.15) is 31.2 Å². The van der Waals surface area contributed by atoms with Gasteiger partial charge in [-0.05, 0) is 37.0 Å². The molecule has 1 heterocycles. The van der Waals surface area contributed by atoms with E-state index in [1.54, 1.807) is 18.4 Å². The highest BCUT2D eigenvalue weighted by atomic mass is 127. The van der Waals surface area contributed by atoms with E-state index in [-0.39, 0.29) is 24.0 Å². The molecule has 2 rings (SSSR count). The number of hydrogen-bond donors (Lipinski definition) is 3. The van der Waals surface area contributed by atoms with E-state index in [2.05, 4.69) is 52.6 Å². The molecule has 0 bridgehead atoms. The van der Waals surface area contributed by atoms with Crippen LogP contribution in [-0.2, 0) is 0 Å². The lowest BCUT2D eigenvalue weighted by atomic mass is 10.2. The van der Waals surface area contributed by atoms with Gasteiger partial charge in [0.1, 0.15) is 6.10 Å². The summed E-state index contributed by atoms with van der Waals surface area (Å²) in [6, 6.07) is 10.3. The molecule has 1 atom stereocenters. The second-order valence-electron chi connectivity index (χ2n) is 6.02. The van der Waals surface area contributed by atoms with Gasteiger partial charge in [0, 0.05) is 36.3 Å². The van der Waals surface area contributed by atoms with Crippen LogP contribution < -0.4 is 10.6 Å². The van der Waals surface area contributed by atoms with Crippen LogP contribution in [0.25, 0.3) is 10.1 Å². The van der Waals surface area contributed by atoms with Crippen molar-refractivity contribution >= 4 is 51.4 Å². The van der Waals surface area contributed by atoms with Crippen LogP contribution in [0.2, 0.25) is 0 Å². The molecule has 1 aromatic heterocycles. The number of nitrogens with one attached hydrogen (secondary N) is 2. The molecule has 1 unspecified atom stereocenters. The maximum atomic E-state index is 10.4. The van der Waals surface area contributed by atoms with Crippen LogP contribution in [0.5, 0.6) is 0 Å². The molecular formula is C19H31IN4OS. The highest BCUT2D eigenvalue weighted by Crippen LogP contribution is 2.29. The predicted octanol–water partition coefficient (Wildman–Crippen LogP) is 3.45. The molecule has 146 valence electrons. The normalized spacial score (nSPS) is 12.9. The first-order valence-electron chi connectivity index (χ1n) is 9.01. The van der Waals surface area contributed by atoms with Crippen LogP contribution >= 0.6 is 35.3 Å². The van der Waals surface area contributed by atoms with Gasteiger partial charge >= 0.3 is 0 Å². The standard InChI is InChI=1S/C19H30N4OS.HI/c1-4-11-23(5-2)12-10-21-19(20-3)22-14-16(24)18-13-15-8-6-7-9-17(15)25-18;/h6-9,13,16,24H,4-5,10-12,14H2,1-3H3,(H2,20,21,22);1H. The minimum atomic E-state index is -0.539. The molecule has 0 fully saturated rings. The first kappa shape index (κ1) is 23.1. The average molecular weight is 490 g/mol. The number of benzene rings is 1. The number of fused-ring (bicyclic) bond motifs is 1. The second kappa shape index (κ2) is 12.5. The number of hydrogen-bond acceptors (Lipinski definition) is 4. The molecule has 0 saturated carbocycles. The zero-order valence-electron chi connectivity index (χ0n) is 15.9. The lowest BCUT2D eigenvalue weighted by Gasteiger charge is -2.21. The molecule has 5 nitrogen and oxygen atoms in total. The van der Waals surface area contributed by atoms with Crippen molar-refractivity contribution in [3.05, 3.63) is 35.2 Å². The second-order valence-corrected chi connectivity index (χ2v) is 7.13. The Morgan fingerprint density at radius 1 is 1.23 bits per heavy atom. The van der Waals surface area contributed by atoms with Gasteiger partial charge in [0.2, 0.25) is 0 Å². The lowest BCUT2D eigenvalue weighted by Crippen LogP contribution is -2.42. The fourth-order valence-electron chi connectivity index (χ4n) is 2.76. The molecular weight excluding hydrogens is 459 g/mol. The first-order chi connectivity index (χ1) is 12.2. The maximum Gasteiger partial charge on any atom is 0.191 e. The molecule has 7 heteroatoms. The lowest BCUT2D eigenvalue weighted by molar-refractivity contribution is 0.184. The van der Waals surface area contributed by atoms with Gasteiger partial charge < -0.3 is 20.6 Å². The molecule has 0 amide bonds. The number of aliphatic hydroxyl groups excluding tert-OH is 1. The number of guanidine groups is 1. The van der Waals surface area contributed by atoms with E-state index in [9.17, 15) is 5.11 Å². The summed E-state index contributed by atoms with van der Waals surface area (Å²) in [6.45, 7) is 8.84. The molecule has 0 aliphatic heterocycles. The highest BCUT2D eigenvalue weighted by Gasteiger charge is 2.12. The summed E-state index contributed by atoms with van der Waals surface area (Å²) in [4.78, 5) is 7.62. The van der Waals surface area contributed by atoms with Crippen molar-refractivity contribution in [3.63, 3.8) is 0 Å². The summed E-state index contributed by atoms with van der Waals surface area (Å²) in [5.41, 5.74) is 0. The Morgan fingerprint density at radius 2 is 2.00 bits per heavy atom. The number of nitrogens with zero attached hydrogens (tertiary/aromatic N) is 2. The topological polar surface area (TPSA) is 59.9 Å². The van der Waals surface area contributed by atoms with Crippen molar-refractivity contribution in [1.29, 1.82) is 0 Å². The monoisotopic (exact) mass is 490 g/mol. The fourth-order valence-corrected chi connectivity index (χ4v) is 3.81. The molecule has 3 N–H and O–H groups in total. The zero-order valence-corrected chi connectivity index (χ0v) is 19.0. The van der Waals surface area contributed by atoms with E-state index in [0.29, 0.717) is 6.54 Å². The van der Waals surface area contributed by atoms with Crippen LogP contribution in [0.3, 0.4) is 0 Å². The third kappa shape index (κ3) is 7.02. The number of halogens is 1. The molecule has 0 aliphatic carbocycles. The summed E-state index contributed by atoms with van der Waals surface area (Å²) < 4.78 is 1.20. The van der Waals surface area contributed by atoms with E-state index in [4.69, 9.17) is 0 Å². The largest absolute Gasteiger partial charge is 0.386 e. The van der Waals surface area contributed by atoms with Crippen LogP contribution in [-0.4, -0.2) is 55.7 Å². The summed E-state index contributed by atoms with van der Waals surface area (Å²) in [7, 11) is 1.75. The van der Waals surface area contributed by atoms with Crippen molar-refractivity contribution in [2.75, 3.05) is 39.8 Å². The Hall–Kier alpha value is -0.900. The number of likely N-dealkylation sites (N-methyl/N-ethyl adjacent to an activating group) is 1. The van der Waals surface area contributed by atoms with E-state index < -0.39 is 6.10 Å². The minimum absolute atomic E-state index is 0. The summed E-state index contributed by atoms with van der Waals surface area (Å²) in [5.74, 6) is 0.729. The Labute approximate surface area is 177 Å². The number of aliphatic imine (C=N–C) groups is 1. The summed E-state index contributed by atoms with van der Waals surface area (Å²) in [5, 5.41) is 18.2. The van der Waals surface area contributed by atoms with Gasteiger partial charge in [0.05, 0.1) is 0 Å². The van der Waals surface area contributed by atoms with Gasteiger partial charge in [-0.15, -0.1) is 35.3 Å². The van der Waals surface area contributed by atoms with Crippen molar-refractivity contribution in [2.24, 2.45) is 4.99 Å². The Bertz CT molecular complexity index is 643. The van der Waals surface area contributed by atoms with Crippen LogP contribution in [0, 0.1) is 0 Å². The van der Waals surface area contributed by atoms with Crippen molar-refractivity contribution < 1.29 is 5.11 Å². The Morgan fingerprint density at radius 3 is 2.65 bits per heavy atom. The molecule has 26 heavy (non-hydrogen) atoms. The smallest absolute Gasteiger partial charge is 0.191 e. The quantitative estimate of drug-likeness (QED) is 0.286. The minimum Gasteiger partial charge on any atom is -0.386 e. The number of aliphatic hydroxyl groups is 1. The summed E-state index contributed by atoms with van der Waals surface area (Å²) in [6.07, 6.45) is 0.630. The van der Waals surface area contributed by atoms with Crippen molar-refractivity contribution in [1.82, 2.24) is 15.5 Å².